The lowest BCUT2D eigenvalue weighted by Gasteiger charge is -2.39. The largest absolute Gasteiger partial charge is 0.419 e. The summed E-state index contributed by atoms with van der Waals surface area (Å²) in [6.45, 7) is 2.54. The minimum absolute atomic E-state index is 0.0266. The lowest BCUT2D eigenvalue weighted by molar-refractivity contribution is -0.138. The number of likely N-dealkylation sites (tertiary alicyclic amines) is 1. The van der Waals surface area contributed by atoms with E-state index in [1.54, 1.807) is 24.3 Å². The predicted molar refractivity (Wildman–Crippen MR) is 148 cm³/mol. The Kier molecular flexibility index (Phi) is 7.13. The van der Waals surface area contributed by atoms with Gasteiger partial charge in [-0.3, -0.25) is 9.59 Å². The van der Waals surface area contributed by atoms with Crippen molar-refractivity contribution < 1.29 is 22.8 Å². The zero-order valence-electron chi connectivity index (χ0n) is 22.3. The van der Waals surface area contributed by atoms with E-state index in [1.165, 1.54) is 0 Å². The summed E-state index contributed by atoms with van der Waals surface area (Å²) in [6, 6.07) is 12.5. The molecule has 11 heteroatoms. The van der Waals surface area contributed by atoms with Gasteiger partial charge in [0.05, 0.1) is 22.2 Å². The van der Waals surface area contributed by atoms with Crippen LogP contribution in [0.4, 0.5) is 19.1 Å². The fraction of sp³-hybridized carbons (Fsp3) is 0.400. The maximum Gasteiger partial charge on any atom is 0.419 e. The van der Waals surface area contributed by atoms with Gasteiger partial charge in [-0.15, -0.1) is 0 Å². The Morgan fingerprint density at radius 2 is 1.71 bits per heavy atom. The first-order valence-electron chi connectivity index (χ1n) is 13.7. The molecule has 3 heterocycles. The molecule has 214 valence electrons. The van der Waals surface area contributed by atoms with Crippen LogP contribution in [0.1, 0.15) is 69.1 Å². The van der Waals surface area contributed by atoms with Gasteiger partial charge in [0.2, 0.25) is 5.95 Å². The number of aromatic nitrogens is 2. The molecule has 1 atom stereocenters. The second-order valence-corrected chi connectivity index (χ2v) is 11.6. The quantitative estimate of drug-likeness (QED) is 0.426. The van der Waals surface area contributed by atoms with Crippen molar-refractivity contribution in [1.29, 1.82) is 0 Å². The number of alkyl halides is 3. The lowest BCUT2D eigenvalue weighted by Crippen LogP contribution is -2.43. The standard InChI is InChI=1S/C30H29ClF3N5O2/c31-24-4-2-1-3-22(24)26(40)37-25-8-7-19-5-6-20(15-23(19)25)27(41)39-14-11-29(18-39)9-12-38(13-10-29)28-35-16-21(17-36-28)30(32,33)34/h1-6,15-17,25H,7-14,18H2,(H,37,40). The highest BCUT2D eigenvalue weighted by molar-refractivity contribution is 6.33. The molecule has 3 aromatic rings. The van der Waals surface area contributed by atoms with Crippen LogP contribution in [0.2, 0.25) is 5.02 Å². The molecule has 2 aromatic carbocycles. The average molecular weight is 584 g/mol. The number of aryl methyl sites for hydroxylation is 1. The van der Waals surface area contributed by atoms with Crippen LogP contribution in [-0.4, -0.2) is 52.9 Å². The van der Waals surface area contributed by atoms with Crippen LogP contribution in [0, 0.1) is 5.41 Å². The van der Waals surface area contributed by atoms with Gasteiger partial charge in [-0.1, -0.05) is 29.8 Å². The molecule has 1 spiro atoms. The summed E-state index contributed by atoms with van der Waals surface area (Å²) in [6.07, 6.45) is 1.26. The number of nitrogens with zero attached hydrogens (tertiary/aromatic N) is 4. The molecule has 41 heavy (non-hydrogen) atoms. The Morgan fingerprint density at radius 1 is 1.00 bits per heavy atom. The van der Waals surface area contributed by atoms with Crippen LogP contribution < -0.4 is 10.2 Å². The molecule has 2 saturated heterocycles. The highest BCUT2D eigenvalue weighted by Crippen LogP contribution is 2.42. The van der Waals surface area contributed by atoms with Gasteiger partial charge in [0.15, 0.2) is 0 Å². The van der Waals surface area contributed by atoms with Gasteiger partial charge in [0.1, 0.15) is 0 Å². The summed E-state index contributed by atoms with van der Waals surface area (Å²) in [4.78, 5) is 38.1. The van der Waals surface area contributed by atoms with Crippen molar-refractivity contribution in [1.82, 2.24) is 20.2 Å². The van der Waals surface area contributed by atoms with E-state index >= 15 is 0 Å². The molecule has 0 saturated carbocycles. The molecule has 6 rings (SSSR count). The zero-order chi connectivity index (χ0) is 28.8. The Bertz CT molecular complexity index is 1470. The van der Waals surface area contributed by atoms with Crippen LogP contribution in [0.3, 0.4) is 0 Å². The van der Waals surface area contributed by atoms with E-state index in [1.807, 2.05) is 28.0 Å². The van der Waals surface area contributed by atoms with Crippen molar-refractivity contribution in [2.75, 3.05) is 31.1 Å². The van der Waals surface area contributed by atoms with Crippen molar-refractivity contribution >= 4 is 29.4 Å². The number of rotatable bonds is 4. The van der Waals surface area contributed by atoms with E-state index in [4.69, 9.17) is 11.6 Å². The Hall–Kier alpha value is -3.66. The fourth-order valence-corrected chi connectivity index (χ4v) is 6.50. The highest BCUT2D eigenvalue weighted by Gasteiger charge is 2.43. The van der Waals surface area contributed by atoms with E-state index in [0.717, 1.165) is 55.6 Å². The first kappa shape index (κ1) is 27.5. The third-order valence-electron chi connectivity index (χ3n) is 8.69. The molecule has 2 amide bonds. The molecule has 1 aliphatic carbocycles. The number of amides is 2. The summed E-state index contributed by atoms with van der Waals surface area (Å²) >= 11 is 6.21. The van der Waals surface area contributed by atoms with E-state index in [0.29, 0.717) is 48.3 Å². The SMILES string of the molecule is O=C(NC1CCc2ccc(C(=O)N3CCC4(CCN(c5ncc(C(F)(F)F)cn5)CC4)C3)cc21)c1ccccc1Cl. The van der Waals surface area contributed by atoms with Gasteiger partial charge in [-0.2, -0.15) is 13.2 Å². The van der Waals surface area contributed by atoms with Crippen molar-refractivity contribution in [3.05, 3.63) is 87.7 Å². The molecular weight excluding hydrogens is 555 g/mol. The third kappa shape index (κ3) is 5.49. The summed E-state index contributed by atoms with van der Waals surface area (Å²) in [5.41, 5.74) is 2.24. The summed E-state index contributed by atoms with van der Waals surface area (Å²) in [7, 11) is 0. The number of carbonyl (C=O) groups excluding carboxylic acids is 2. The maximum absolute atomic E-state index is 13.6. The first-order valence-corrected chi connectivity index (χ1v) is 14.1. The van der Waals surface area contributed by atoms with E-state index in [2.05, 4.69) is 15.3 Å². The molecule has 1 unspecified atom stereocenters. The number of halogens is 4. The van der Waals surface area contributed by atoms with Crippen LogP contribution >= 0.6 is 11.6 Å². The van der Waals surface area contributed by atoms with Gasteiger partial charge in [0.25, 0.3) is 11.8 Å². The van der Waals surface area contributed by atoms with Crippen LogP contribution in [0.15, 0.2) is 54.9 Å². The molecule has 7 nitrogen and oxygen atoms in total. The van der Waals surface area contributed by atoms with Crippen molar-refractivity contribution in [2.24, 2.45) is 5.41 Å². The molecule has 1 N–H and O–H groups in total. The van der Waals surface area contributed by atoms with Gasteiger partial charge >= 0.3 is 6.18 Å². The Labute approximate surface area is 240 Å². The monoisotopic (exact) mass is 583 g/mol. The lowest BCUT2D eigenvalue weighted by atomic mass is 9.78. The molecule has 0 bridgehead atoms. The number of nitrogens with one attached hydrogen (secondary N) is 1. The van der Waals surface area contributed by atoms with Crippen LogP contribution in [0.5, 0.6) is 0 Å². The second-order valence-electron chi connectivity index (χ2n) is 11.2. The summed E-state index contributed by atoms with van der Waals surface area (Å²) in [5, 5.41) is 3.48. The predicted octanol–water partition coefficient (Wildman–Crippen LogP) is 5.70. The smallest absolute Gasteiger partial charge is 0.345 e. The molecular formula is C30H29ClF3N5O2. The van der Waals surface area contributed by atoms with E-state index in [9.17, 15) is 22.8 Å². The molecule has 3 aliphatic rings. The van der Waals surface area contributed by atoms with Gasteiger partial charge in [-0.05, 0) is 72.9 Å². The maximum atomic E-state index is 13.6. The number of hydrogen-bond acceptors (Lipinski definition) is 5. The zero-order valence-corrected chi connectivity index (χ0v) is 23.0. The van der Waals surface area contributed by atoms with Crippen LogP contribution in [-0.2, 0) is 12.6 Å². The second kappa shape index (κ2) is 10.6. The number of fused-ring (bicyclic) bond motifs is 1. The topological polar surface area (TPSA) is 78.4 Å². The van der Waals surface area contributed by atoms with Crippen LogP contribution in [0.25, 0.3) is 0 Å². The number of anilines is 1. The number of piperidine rings is 1. The highest BCUT2D eigenvalue weighted by atomic mass is 35.5. The number of carbonyl (C=O) groups is 2. The fourth-order valence-electron chi connectivity index (χ4n) is 6.28. The van der Waals surface area contributed by atoms with Crippen molar-refractivity contribution in [2.45, 2.75) is 44.3 Å². The Balaban J connectivity index is 1.09. The first-order chi connectivity index (χ1) is 19.6. The summed E-state index contributed by atoms with van der Waals surface area (Å²) < 4.78 is 38.6. The molecule has 0 radical (unpaired) electrons. The van der Waals surface area contributed by atoms with Gasteiger partial charge in [-0.25, -0.2) is 9.97 Å². The van der Waals surface area contributed by atoms with Gasteiger partial charge < -0.3 is 15.1 Å². The van der Waals surface area contributed by atoms with Crippen molar-refractivity contribution in [3.8, 4) is 0 Å². The van der Waals surface area contributed by atoms with E-state index < -0.39 is 11.7 Å². The average Bonchev–Trinajstić information content (AvgIpc) is 3.57. The molecule has 2 aliphatic heterocycles. The Morgan fingerprint density at radius 3 is 2.41 bits per heavy atom. The minimum atomic E-state index is -4.46. The molecule has 1 aromatic heterocycles. The number of benzene rings is 2. The minimum Gasteiger partial charge on any atom is -0.345 e. The molecule has 2 fully saturated rings. The van der Waals surface area contributed by atoms with E-state index in [-0.39, 0.29) is 23.3 Å². The normalized spacial score (nSPS) is 19.9. The third-order valence-corrected chi connectivity index (χ3v) is 9.02. The number of hydrogen-bond donors (Lipinski definition) is 1. The summed E-state index contributed by atoms with van der Waals surface area (Å²) in [5.74, 6) is 0.0362. The van der Waals surface area contributed by atoms with Crippen molar-refractivity contribution in [3.63, 3.8) is 0 Å². The van der Waals surface area contributed by atoms with Gasteiger partial charge in [0, 0.05) is 44.1 Å².